The molecule has 1 aromatic rings. The number of hydrogen-bond acceptors (Lipinski definition) is 2. The summed E-state index contributed by atoms with van der Waals surface area (Å²) in [4.78, 5) is 14.3. The highest BCUT2D eigenvalue weighted by Crippen LogP contribution is 2.18. The number of hydrogen-bond donors (Lipinski definition) is 1. The smallest absolute Gasteiger partial charge is 0.253 e. The monoisotopic (exact) mass is 282 g/mol. The van der Waals surface area contributed by atoms with Gasteiger partial charge >= 0.3 is 0 Å². The van der Waals surface area contributed by atoms with Crippen molar-refractivity contribution >= 4 is 18.3 Å². The second-order valence-corrected chi connectivity index (χ2v) is 5.23. The van der Waals surface area contributed by atoms with Crippen molar-refractivity contribution in [3.8, 4) is 0 Å². The maximum absolute atomic E-state index is 12.4. The van der Waals surface area contributed by atoms with Gasteiger partial charge in [0, 0.05) is 25.2 Å². The standard InChI is InChI=1S/C15H22N2O.ClH/c1-12-3-2-9-17(10-8-12)15(18)14-6-4-13(11-16)5-7-14;/h4-7,12H,2-3,8-11,16H2,1H3;1H. The first kappa shape index (κ1) is 16.0. The molecular weight excluding hydrogens is 260 g/mol. The second-order valence-electron chi connectivity index (χ2n) is 5.23. The van der Waals surface area contributed by atoms with E-state index in [9.17, 15) is 4.79 Å². The van der Waals surface area contributed by atoms with Gasteiger partial charge in [-0.2, -0.15) is 0 Å². The number of benzene rings is 1. The lowest BCUT2D eigenvalue weighted by molar-refractivity contribution is 0.0760. The summed E-state index contributed by atoms with van der Waals surface area (Å²) >= 11 is 0. The zero-order valence-corrected chi connectivity index (χ0v) is 12.3. The highest BCUT2D eigenvalue weighted by molar-refractivity contribution is 5.94. The number of nitrogens with two attached hydrogens (primary N) is 1. The average molecular weight is 283 g/mol. The van der Waals surface area contributed by atoms with E-state index < -0.39 is 0 Å². The lowest BCUT2D eigenvalue weighted by Gasteiger charge is -2.20. The van der Waals surface area contributed by atoms with Crippen molar-refractivity contribution < 1.29 is 4.79 Å². The number of rotatable bonds is 2. The fourth-order valence-electron chi connectivity index (χ4n) is 2.43. The van der Waals surface area contributed by atoms with Crippen LogP contribution in [0.2, 0.25) is 0 Å². The third-order valence-corrected chi connectivity index (χ3v) is 3.74. The van der Waals surface area contributed by atoms with E-state index in [1.54, 1.807) is 0 Å². The Labute approximate surface area is 121 Å². The second kappa shape index (κ2) is 7.51. The molecule has 1 fully saturated rings. The van der Waals surface area contributed by atoms with E-state index in [0.717, 1.165) is 43.0 Å². The van der Waals surface area contributed by atoms with Crippen LogP contribution in [0.3, 0.4) is 0 Å². The van der Waals surface area contributed by atoms with Gasteiger partial charge in [-0.1, -0.05) is 19.1 Å². The Hall–Kier alpha value is -1.06. The Balaban J connectivity index is 0.00000180. The Kier molecular flexibility index (Phi) is 6.32. The third-order valence-electron chi connectivity index (χ3n) is 3.74. The van der Waals surface area contributed by atoms with Crippen molar-refractivity contribution in [2.24, 2.45) is 11.7 Å². The molecule has 19 heavy (non-hydrogen) atoms. The molecule has 0 aromatic heterocycles. The highest BCUT2D eigenvalue weighted by Gasteiger charge is 2.19. The molecule has 1 aliphatic heterocycles. The predicted octanol–water partition coefficient (Wildman–Crippen LogP) is 2.83. The molecule has 2 N–H and O–H groups in total. The molecule has 1 atom stereocenters. The van der Waals surface area contributed by atoms with Crippen molar-refractivity contribution in [1.29, 1.82) is 0 Å². The van der Waals surface area contributed by atoms with E-state index in [0.29, 0.717) is 6.54 Å². The lowest BCUT2D eigenvalue weighted by atomic mass is 10.0. The molecule has 1 amide bonds. The van der Waals surface area contributed by atoms with Gasteiger partial charge in [0.15, 0.2) is 0 Å². The van der Waals surface area contributed by atoms with E-state index in [1.807, 2.05) is 29.2 Å². The fraction of sp³-hybridized carbons (Fsp3) is 0.533. The van der Waals surface area contributed by atoms with Crippen LogP contribution in [0.4, 0.5) is 0 Å². The minimum absolute atomic E-state index is 0. The number of amides is 1. The third kappa shape index (κ3) is 4.22. The Bertz CT molecular complexity index is 405. The highest BCUT2D eigenvalue weighted by atomic mass is 35.5. The minimum atomic E-state index is 0. The summed E-state index contributed by atoms with van der Waals surface area (Å²) < 4.78 is 0. The van der Waals surface area contributed by atoms with Gasteiger partial charge in [0.25, 0.3) is 5.91 Å². The quantitative estimate of drug-likeness (QED) is 0.907. The van der Waals surface area contributed by atoms with Gasteiger partial charge < -0.3 is 10.6 Å². The van der Waals surface area contributed by atoms with Crippen molar-refractivity contribution in [3.63, 3.8) is 0 Å². The van der Waals surface area contributed by atoms with E-state index in [1.165, 1.54) is 6.42 Å². The van der Waals surface area contributed by atoms with Gasteiger partial charge in [-0.15, -0.1) is 12.4 Å². The van der Waals surface area contributed by atoms with Crippen molar-refractivity contribution in [1.82, 2.24) is 4.90 Å². The van der Waals surface area contributed by atoms with Gasteiger partial charge in [0.2, 0.25) is 0 Å². The van der Waals surface area contributed by atoms with E-state index in [2.05, 4.69) is 6.92 Å². The largest absolute Gasteiger partial charge is 0.339 e. The summed E-state index contributed by atoms with van der Waals surface area (Å²) in [5.41, 5.74) is 7.40. The Morgan fingerprint density at radius 2 is 1.95 bits per heavy atom. The molecule has 0 aliphatic carbocycles. The lowest BCUT2D eigenvalue weighted by Crippen LogP contribution is -2.31. The first-order valence-corrected chi connectivity index (χ1v) is 6.79. The van der Waals surface area contributed by atoms with Crippen molar-refractivity contribution in [2.45, 2.75) is 32.7 Å². The summed E-state index contributed by atoms with van der Waals surface area (Å²) in [5, 5.41) is 0. The molecule has 0 spiro atoms. The van der Waals surface area contributed by atoms with Crippen LogP contribution in [0, 0.1) is 5.92 Å². The van der Waals surface area contributed by atoms with Crippen LogP contribution in [-0.2, 0) is 6.54 Å². The molecular formula is C15H23ClN2O. The van der Waals surface area contributed by atoms with Gasteiger partial charge in [-0.3, -0.25) is 4.79 Å². The summed E-state index contributed by atoms with van der Waals surface area (Å²) in [7, 11) is 0. The number of carbonyl (C=O) groups excluding carboxylic acids is 1. The number of halogens is 1. The van der Waals surface area contributed by atoms with Crippen molar-refractivity contribution in [3.05, 3.63) is 35.4 Å². The van der Waals surface area contributed by atoms with Gasteiger partial charge in [-0.05, 0) is 42.9 Å². The minimum Gasteiger partial charge on any atom is -0.339 e. The van der Waals surface area contributed by atoms with Crippen molar-refractivity contribution in [2.75, 3.05) is 13.1 Å². The van der Waals surface area contributed by atoms with E-state index >= 15 is 0 Å². The van der Waals surface area contributed by atoms with Crippen LogP contribution in [0.25, 0.3) is 0 Å². The molecule has 1 unspecified atom stereocenters. The predicted molar refractivity (Wildman–Crippen MR) is 80.5 cm³/mol. The number of carbonyl (C=O) groups is 1. The maximum atomic E-state index is 12.4. The van der Waals surface area contributed by atoms with Gasteiger partial charge in [0.05, 0.1) is 0 Å². The summed E-state index contributed by atoms with van der Waals surface area (Å²) in [5.74, 6) is 0.898. The number of likely N-dealkylation sites (tertiary alicyclic amines) is 1. The molecule has 1 saturated heterocycles. The molecule has 1 aromatic carbocycles. The van der Waals surface area contributed by atoms with Crippen LogP contribution in [-0.4, -0.2) is 23.9 Å². The van der Waals surface area contributed by atoms with Crippen LogP contribution >= 0.6 is 12.4 Å². The van der Waals surface area contributed by atoms with E-state index in [-0.39, 0.29) is 18.3 Å². The van der Waals surface area contributed by atoms with Crippen LogP contribution in [0.1, 0.15) is 42.1 Å². The maximum Gasteiger partial charge on any atom is 0.253 e. The molecule has 106 valence electrons. The summed E-state index contributed by atoms with van der Waals surface area (Å²) in [6.45, 7) is 4.57. The Morgan fingerprint density at radius 1 is 1.26 bits per heavy atom. The molecule has 0 saturated carbocycles. The summed E-state index contributed by atoms with van der Waals surface area (Å²) in [6.07, 6.45) is 3.47. The zero-order chi connectivity index (χ0) is 13.0. The first-order valence-electron chi connectivity index (χ1n) is 6.79. The Morgan fingerprint density at radius 3 is 2.58 bits per heavy atom. The zero-order valence-electron chi connectivity index (χ0n) is 11.5. The molecule has 3 nitrogen and oxygen atoms in total. The SMILES string of the molecule is CC1CCCN(C(=O)c2ccc(CN)cc2)CC1.Cl. The van der Waals surface area contributed by atoms with E-state index in [4.69, 9.17) is 5.73 Å². The molecule has 1 heterocycles. The molecule has 0 bridgehead atoms. The summed E-state index contributed by atoms with van der Waals surface area (Å²) in [6, 6.07) is 7.65. The normalized spacial score (nSPS) is 19.5. The van der Waals surface area contributed by atoms with Crippen LogP contribution in [0.5, 0.6) is 0 Å². The average Bonchev–Trinajstić information content (AvgIpc) is 2.63. The van der Waals surface area contributed by atoms with Gasteiger partial charge in [-0.25, -0.2) is 0 Å². The van der Waals surface area contributed by atoms with Crippen LogP contribution < -0.4 is 5.73 Å². The van der Waals surface area contributed by atoms with Gasteiger partial charge in [0.1, 0.15) is 0 Å². The topological polar surface area (TPSA) is 46.3 Å². The molecule has 1 aliphatic rings. The molecule has 4 heteroatoms. The number of nitrogens with zero attached hydrogens (tertiary/aromatic N) is 1. The van der Waals surface area contributed by atoms with Crippen LogP contribution in [0.15, 0.2) is 24.3 Å². The molecule has 2 rings (SSSR count). The fourth-order valence-corrected chi connectivity index (χ4v) is 2.43. The molecule has 0 radical (unpaired) electrons. The first-order chi connectivity index (χ1) is 8.70.